The molecule has 2 aliphatic rings. The number of carbonyl (C=O) groups excluding carboxylic acids is 1. The quantitative estimate of drug-likeness (QED) is 0.858. The zero-order valence-electron chi connectivity index (χ0n) is 13.8. The normalized spacial score (nSPS) is 24.8. The van der Waals surface area contributed by atoms with Crippen LogP contribution in [0.1, 0.15) is 36.1 Å². The van der Waals surface area contributed by atoms with Crippen LogP contribution < -0.4 is 0 Å². The second-order valence-electron chi connectivity index (χ2n) is 6.86. The summed E-state index contributed by atoms with van der Waals surface area (Å²) in [6.07, 6.45) is 3.79. The number of hydrogen-bond acceptors (Lipinski definition) is 4. The van der Waals surface area contributed by atoms with E-state index in [1.165, 1.54) is 10.4 Å². The van der Waals surface area contributed by atoms with E-state index in [0.717, 1.165) is 45.3 Å². The minimum atomic E-state index is -0.221. The fourth-order valence-electron chi connectivity index (χ4n) is 3.53. The van der Waals surface area contributed by atoms with Crippen LogP contribution >= 0.6 is 11.3 Å². The maximum absolute atomic E-state index is 12.1. The van der Waals surface area contributed by atoms with E-state index in [0.29, 0.717) is 0 Å². The van der Waals surface area contributed by atoms with Crippen molar-refractivity contribution >= 4 is 17.2 Å². The van der Waals surface area contributed by atoms with Gasteiger partial charge < -0.3 is 9.64 Å². The first-order valence-corrected chi connectivity index (χ1v) is 9.01. The molecule has 0 aliphatic carbocycles. The molecule has 0 radical (unpaired) electrons. The van der Waals surface area contributed by atoms with Crippen LogP contribution in [0.4, 0.5) is 0 Å². The van der Waals surface area contributed by atoms with E-state index in [1.54, 1.807) is 4.90 Å². The van der Waals surface area contributed by atoms with E-state index in [9.17, 15) is 4.79 Å². The second-order valence-corrected chi connectivity index (χ2v) is 7.86. The molecule has 122 valence electrons. The highest BCUT2D eigenvalue weighted by atomic mass is 32.1. The van der Waals surface area contributed by atoms with Gasteiger partial charge in [-0.1, -0.05) is 0 Å². The number of rotatable bonds is 3. The van der Waals surface area contributed by atoms with Crippen LogP contribution in [0.15, 0.2) is 11.4 Å². The van der Waals surface area contributed by atoms with Crippen molar-refractivity contribution < 1.29 is 9.53 Å². The maximum Gasteiger partial charge on any atom is 0.251 e. The number of amides is 1. The van der Waals surface area contributed by atoms with E-state index < -0.39 is 0 Å². The van der Waals surface area contributed by atoms with Crippen molar-refractivity contribution in [2.75, 3.05) is 27.2 Å². The van der Waals surface area contributed by atoms with E-state index in [1.807, 2.05) is 25.4 Å². The lowest BCUT2D eigenvalue weighted by Gasteiger charge is -2.39. The number of nitrogens with zero attached hydrogens (tertiary/aromatic N) is 2. The molecule has 1 spiro atoms. The minimum absolute atomic E-state index is 0.0443. The Morgan fingerprint density at radius 2 is 2.14 bits per heavy atom. The van der Waals surface area contributed by atoms with Crippen LogP contribution in [0, 0.1) is 6.92 Å². The zero-order valence-corrected chi connectivity index (χ0v) is 14.6. The van der Waals surface area contributed by atoms with Crippen LogP contribution in [0.2, 0.25) is 0 Å². The summed E-state index contributed by atoms with van der Waals surface area (Å²) in [6.45, 7) is 5.38. The van der Waals surface area contributed by atoms with E-state index >= 15 is 0 Å². The molecule has 2 saturated heterocycles. The van der Waals surface area contributed by atoms with E-state index in [4.69, 9.17) is 4.74 Å². The molecule has 3 rings (SSSR count). The third-order valence-electron chi connectivity index (χ3n) is 5.07. The van der Waals surface area contributed by atoms with Crippen molar-refractivity contribution in [1.29, 1.82) is 0 Å². The van der Waals surface area contributed by atoms with Gasteiger partial charge in [0, 0.05) is 38.6 Å². The third kappa shape index (κ3) is 3.21. The van der Waals surface area contributed by atoms with Crippen molar-refractivity contribution in [2.45, 2.75) is 50.9 Å². The molecule has 1 unspecified atom stereocenters. The Hall–Kier alpha value is -0.910. The number of piperidine rings is 1. The highest BCUT2D eigenvalue weighted by Gasteiger charge is 2.44. The number of thiophene rings is 1. The molecule has 4 nitrogen and oxygen atoms in total. The highest BCUT2D eigenvalue weighted by Crippen LogP contribution is 2.39. The zero-order chi connectivity index (χ0) is 15.7. The fourth-order valence-corrected chi connectivity index (χ4v) is 4.48. The lowest BCUT2D eigenvalue weighted by atomic mass is 9.88. The SMILES string of the molecule is Cc1ccsc1CN1CCC2(CCC(C(=O)N(C)C)O2)CC1. The van der Waals surface area contributed by atoms with Gasteiger partial charge in [0.25, 0.3) is 5.91 Å². The lowest BCUT2D eigenvalue weighted by molar-refractivity contribution is -0.148. The van der Waals surface area contributed by atoms with Crippen molar-refractivity contribution in [3.8, 4) is 0 Å². The summed E-state index contributed by atoms with van der Waals surface area (Å²) in [6, 6.07) is 2.20. The van der Waals surface area contributed by atoms with E-state index in [2.05, 4.69) is 23.3 Å². The topological polar surface area (TPSA) is 32.8 Å². The molecule has 0 aromatic carbocycles. The van der Waals surface area contributed by atoms with Crippen LogP contribution in [-0.4, -0.2) is 54.6 Å². The number of carbonyl (C=O) groups is 1. The fraction of sp³-hybridized carbons (Fsp3) is 0.706. The van der Waals surface area contributed by atoms with Gasteiger partial charge in [0.15, 0.2) is 0 Å². The molecular weight excluding hydrogens is 296 g/mol. The molecule has 22 heavy (non-hydrogen) atoms. The summed E-state index contributed by atoms with van der Waals surface area (Å²) >= 11 is 1.85. The standard InChI is InChI=1S/C17H26N2O2S/c1-13-5-11-22-15(13)12-19-9-7-17(8-10-19)6-4-14(21-17)16(20)18(2)3/h5,11,14H,4,6-10,12H2,1-3H3. The van der Waals surface area contributed by atoms with Crippen molar-refractivity contribution in [3.63, 3.8) is 0 Å². The molecule has 1 amide bonds. The molecule has 0 saturated carbocycles. The molecule has 1 aromatic rings. The largest absolute Gasteiger partial charge is 0.362 e. The van der Waals surface area contributed by atoms with Crippen LogP contribution in [-0.2, 0) is 16.1 Å². The predicted octanol–water partition coefficient (Wildman–Crippen LogP) is 2.66. The summed E-state index contributed by atoms with van der Waals surface area (Å²) in [4.78, 5) is 17.7. The molecule has 2 fully saturated rings. The third-order valence-corrected chi connectivity index (χ3v) is 6.08. The maximum atomic E-state index is 12.1. The van der Waals surface area contributed by atoms with Gasteiger partial charge in [-0.15, -0.1) is 11.3 Å². The Labute approximate surface area is 137 Å². The van der Waals surface area contributed by atoms with Crippen molar-refractivity contribution in [1.82, 2.24) is 9.80 Å². The van der Waals surface area contributed by atoms with Gasteiger partial charge in [0.2, 0.25) is 0 Å². The molecule has 0 N–H and O–H groups in total. The van der Waals surface area contributed by atoms with Gasteiger partial charge in [-0.2, -0.15) is 0 Å². The molecule has 1 aromatic heterocycles. The second kappa shape index (κ2) is 6.30. The van der Waals surface area contributed by atoms with Crippen LogP contribution in [0.25, 0.3) is 0 Å². The van der Waals surface area contributed by atoms with Gasteiger partial charge >= 0.3 is 0 Å². The molecule has 0 bridgehead atoms. The summed E-state index contributed by atoms with van der Waals surface area (Å²) in [5.41, 5.74) is 1.36. The number of aryl methyl sites for hydroxylation is 1. The van der Waals surface area contributed by atoms with Crippen LogP contribution in [0.3, 0.4) is 0 Å². The van der Waals surface area contributed by atoms with Gasteiger partial charge in [0.05, 0.1) is 5.60 Å². The first-order valence-electron chi connectivity index (χ1n) is 8.13. The Bertz CT molecular complexity index is 533. The molecule has 3 heterocycles. The summed E-state index contributed by atoms with van der Waals surface area (Å²) in [7, 11) is 3.62. The predicted molar refractivity (Wildman–Crippen MR) is 89.1 cm³/mol. The molecule has 1 atom stereocenters. The molecular formula is C17H26N2O2S. The number of likely N-dealkylation sites (tertiary alicyclic amines) is 1. The Morgan fingerprint density at radius 3 is 2.73 bits per heavy atom. The summed E-state index contributed by atoms with van der Waals surface area (Å²) in [5, 5.41) is 2.17. The molecule has 5 heteroatoms. The van der Waals surface area contributed by atoms with Gasteiger partial charge in [-0.05, 0) is 49.6 Å². The van der Waals surface area contributed by atoms with Crippen LogP contribution in [0.5, 0.6) is 0 Å². The van der Waals surface area contributed by atoms with Crippen molar-refractivity contribution in [3.05, 3.63) is 21.9 Å². The Balaban J connectivity index is 1.54. The average molecular weight is 322 g/mol. The summed E-state index contributed by atoms with van der Waals surface area (Å²) in [5.74, 6) is 0.119. The monoisotopic (exact) mass is 322 g/mol. The first kappa shape index (κ1) is 16.0. The van der Waals surface area contributed by atoms with Gasteiger partial charge in [-0.25, -0.2) is 0 Å². The number of likely N-dealkylation sites (N-methyl/N-ethyl adjacent to an activating group) is 1. The number of hydrogen-bond donors (Lipinski definition) is 0. The lowest BCUT2D eigenvalue weighted by Crippen LogP contribution is -2.45. The van der Waals surface area contributed by atoms with Crippen molar-refractivity contribution in [2.24, 2.45) is 0 Å². The smallest absolute Gasteiger partial charge is 0.251 e. The Kier molecular flexibility index (Phi) is 4.57. The first-order chi connectivity index (χ1) is 10.5. The summed E-state index contributed by atoms with van der Waals surface area (Å²) < 4.78 is 6.20. The van der Waals surface area contributed by atoms with Gasteiger partial charge in [0.1, 0.15) is 6.10 Å². The van der Waals surface area contributed by atoms with Gasteiger partial charge in [-0.3, -0.25) is 9.69 Å². The average Bonchev–Trinajstić information content (AvgIpc) is 3.09. The highest BCUT2D eigenvalue weighted by molar-refractivity contribution is 7.10. The minimum Gasteiger partial charge on any atom is -0.362 e. The van der Waals surface area contributed by atoms with E-state index in [-0.39, 0.29) is 17.6 Å². The Morgan fingerprint density at radius 1 is 1.41 bits per heavy atom. The molecule has 2 aliphatic heterocycles. The number of ether oxygens (including phenoxy) is 1.